The molecule has 0 saturated heterocycles. The molecule has 0 aliphatic carbocycles. The maximum Gasteiger partial charge on any atom is 0.107 e. The first kappa shape index (κ1) is 14.4. The van der Waals surface area contributed by atoms with Crippen molar-refractivity contribution in [2.45, 2.75) is 6.54 Å². The average Bonchev–Trinajstić information content (AvgIpc) is 2.90. The summed E-state index contributed by atoms with van der Waals surface area (Å²) in [5.41, 5.74) is 8.47. The molecule has 0 unspecified atom stereocenters. The summed E-state index contributed by atoms with van der Waals surface area (Å²) in [4.78, 5) is 5.99. The molecule has 2 heterocycles. The highest BCUT2D eigenvalue weighted by Gasteiger charge is 2.11. The summed E-state index contributed by atoms with van der Waals surface area (Å²) in [7, 11) is 0. The van der Waals surface area contributed by atoms with Crippen LogP contribution in [0.3, 0.4) is 0 Å². The number of nitrogens with one attached hydrogen (secondary N) is 1. The van der Waals surface area contributed by atoms with Crippen LogP contribution in [0.5, 0.6) is 0 Å². The average molecular weight is 378 g/mol. The number of thiocarbonyl (C=S) groups is 1. The summed E-state index contributed by atoms with van der Waals surface area (Å²) < 4.78 is 1.10. The maximum atomic E-state index is 5.83. The lowest BCUT2D eigenvalue weighted by Gasteiger charge is -2.13. The molecule has 0 fully saturated rings. The van der Waals surface area contributed by atoms with Crippen LogP contribution < -0.4 is 11.1 Å². The molecular weight excluding hydrogens is 366 g/mol. The molecular formula is C15H12BrN3S2. The molecule has 3 aromatic rings. The van der Waals surface area contributed by atoms with Crippen LogP contribution >= 0.6 is 39.5 Å². The summed E-state index contributed by atoms with van der Waals surface area (Å²) in [6.45, 7) is 0.722. The molecule has 0 radical (unpaired) electrons. The number of hydrogen-bond acceptors (Lipinski definition) is 4. The van der Waals surface area contributed by atoms with Crippen molar-refractivity contribution in [3.8, 4) is 0 Å². The van der Waals surface area contributed by atoms with E-state index < -0.39 is 0 Å². The fraction of sp³-hybridized carbons (Fsp3) is 0.0667. The zero-order valence-electron chi connectivity index (χ0n) is 11.0. The second-order valence-corrected chi connectivity index (χ2v) is 6.86. The summed E-state index contributed by atoms with van der Waals surface area (Å²) in [6, 6.07) is 10.1. The van der Waals surface area contributed by atoms with Crippen LogP contribution in [0.1, 0.15) is 10.4 Å². The lowest BCUT2D eigenvalue weighted by molar-refractivity contribution is 1.19. The quantitative estimate of drug-likeness (QED) is 0.665. The Morgan fingerprint density at radius 1 is 1.38 bits per heavy atom. The molecule has 0 atom stereocenters. The van der Waals surface area contributed by atoms with E-state index in [-0.39, 0.29) is 0 Å². The van der Waals surface area contributed by atoms with Gasteiger partial charge in [-0.25, -0.2) is 0 Å². The van der Waals surface area contributed by atoms with Gasteiger partial charge in [0.25, 0.3) is 0 Å². The van der Waals surface area contributed by atoms with Gasteiger partial charge in [-0.15, -0.1) is 11.3 Å². The maximum absolute atomic E-state index is 5.83. The SMILES string of the molecule is NC(=S)c1cnc2ccccc2c1NCc1cc(Br)cs1. The van der Waals surface area contributed by atoms with Crippen molar-refractivity contribution in [3.05, 3.63) is 56.8 Å². The molecule has 0 bridgehead atoms. The van der Waals surface area contributed by atoms with Crippen LogP contribution in [0.25, 0.3) is 10.9 Å². The van der Waals surface area contributed by atoms with Crippen molar-refractivity contribution in [3.63, 3.8) is 0 Å². The highest BCUT2D eigenvalue weighted by molar-refractivity contribution is 9.10. The van der Waals surface area contributed by atoms with Gasteiger partial charge >= 0.3 is 0 Å². The Bertz CT molecular complexity index is 814. The number of nitrogens with zero attached hydrogens (tertiary/aromatic N) is 1. The van der Waals surface area contributed by atoms with Gasteiger partial charge < -0.3 is 11.1 Å². The number of pyridine rings is 1. The Balaban J connectivity index is 2.01. The van der Waals surface area contributed by atoms with Gasteiger partial charge in [-0.2, -0.15) is 0 Å². The molecule has 0 saturated carbocycles. The normalized spacial score (nSPS) is 10.7. The lowest BCUT2D eigenvalue weighted by atomic mass is 10.1. The van der Waals surface area contributed by atoms with Gasteiger partial charge in [0, 0.05) is 32.9 Å². The number of aromatic nitrogens is 1. The molecule has 3 rings (SSSR count). The van der Waals surface area contributed by atoms with Gasteiger partial charge in [0.15, 0.2) is 0 Å². The highest BCUT2D eigenvalue weighted by atomic mass is 79.9. The van der Waals surface area contributed by atoms with Gasteiger partial charge in [0.05, 0.1) is 16.8 Å². The molecule has 0 amide bonds. The number of hydrogen-bond donors (Lipinski definition) is 2. The minimum absolute atomic E-state index is 0.350. The van der Waals surface area contributed by atoms with E-state index in [4.69, 9.17) is 18.0 Å². The predicted octanol–water partition coefficient (Wildman–Crippen LogP) is 4.31. The molecule has 6 heteroatoms. The largest absolute Gasteiger partial charge is 0.389 e. The molecule has 0 aliphatic rings. The predicted molar refractivity (Wildman–Crippen MR) is 97.0 cm³/mol. The molecule has 1 aromatic carbocycles. The van der Waals surface area contributed by atoms with E-state index in [1.54, 1.807) is 17.5 Å². The number of rotatable bonds is 4. The van der Waals surface area contributed by atoms with E-state index in [0.29, 0.717) is 4.99 Å². The molecule has 0 spiro atoms. The Morgan fingerprint density at radius 2 is 2.19 bits per heavy atom. The first-order valence-corrected chi connectivity index (χ1v) is 8.37. The van der Waals surface area contributed by atoms with E-state index in [1.807, 2.05) is 24.3 Å². The number of benzene rings is 1. The lowest BCUT2D eigenvalue weighted by Crippen LogP contribution is -2.14. The van der Waals surface area contributed by atoms with E-state index in [1.165, 1.54) is 4.88 Å². The van der Waals surface area contributed by atoms with Gasteiger partial charge in [-0.3, -0.25) is 4.98 Å². The zero-order valence-corrected chi connectivity index (χ0v) is 14.2. The molecule has 2 aromatic heterocycles. The summed E-state index contributed by atoms with van der Waals surface area (Å²) in [5, 5.41) is 6.54. The summed E-state index contributed by atoms with van der Waals surface area (Å²) in [6.07, 6.45) is 1.73. The van der Waals surface area contributed by atoms with E-state index in [9.17, 15) is 0 Å². The summed E-state index contributed by atoms with van der Waals surface area (Å²) in [5.74, 6) is 0. The molecule has 106 valence electrons. The zero-order chi connectivity index (χ0) is 14.8. The smallest absolute Gasteiger partial charge is 0.107 e. The van der Waals surface area contributed by atoms with Crippen LogP contribution in [0.15, 0.2) is 46.4 Å². The Hall–Kier alpha value is -1.50. The van der Waals surface area contributed by atoms with Crippen LogP contribution in [0.2, 0.25) is 0 Å². The van der Waals surface area contributed by atoms with Crippen LogP contribution in [0.4, 0.5) is 5.69 Å². The van der Waals surface area contributed by atoms with Crippen molar-refractivity contribution in [2.75, 3.05) is 5.32 Å². The summed E-state index contributed by atoms with van der Waals surface area (Å²) >= 11 is 10.3. The number of para-hydroxylation sites is 1. The number of thiophene rings is 1. The van der Waals surface area contributed by atoms with Crippen LogP contribution in [-0.4, -0.2) is 9.97 Å². The first-order valence-electron chi connectivity index (χ1n) is 6.29. The Kier molecular flexibility index (Phi) is 4.19. The number of halogens is 1. The van der Waals surface area contributed by atoms with Crippen LogP contribution in [0, 0.1) is 0 Å². The fourth-order valence-corrected chi connectivity index (χ4v) is 3.69. The van der Waals surface area contributed by atoms with E-state index in [0.717, 1.165) is 33.2 Å². The second-order valence-electron chi connectivity index (χ2n) is 4.51. The number of anilines is 1. The van der Waals surface area contributed by atoms with Gasteiger partial charge in [-0.05, 0) is 28.1 Å². The van der Waals surface area contributed by atoms with Gasteiger partial charge in [0.2, 0.25) is 0 Å². The minimum atomic E-state index is 0.350. The first-order chi connectivity index (χ1) is 10.1. The Morgan fingerprint density at radius 3 is 2.90 bits per heavy atom. The molecule has 3 nitrogen and oxygen atoms in total. The van der Waals surface area contributed by atoms with Crippen molar-refractivity contribution < 1.29 is 0 Å². The Labute approximate surface area is 140 Å². The molecule has 21 heavy (non-hydrogen) atoms. The third-order valence-corrected chi connectivity index (χ3v) is 5.02. The third-order valence-electron chi connectivity index (χ3n) is 3.10. The van der Waals surface area contributed by atoms with E-state index >= 15 is 0 Å². The van der Waals surface area contributed by atoms with Crippen molar-refractivity contribution in [1.82, 2.24) is 4.98 Å². The number of nitrogens with two attached hydrogens (primary N) is 1. The topological polar surface area (TPSA) is 50.9 Å². The van der Waals surface area contributed by atoms with Crippen molar-refractivity contribution in [2.24, 2.45) is 5.73 Å². The van der Waals surface area contributed by atoms with Gasteiger partial charge in [-0.1, -0.05) is 30.4 Å². The van der Waals surface area contributed by atoms with E-state index in [2.05, 4.69) is 37.7 Å². The fourth-order valence-electron chi connectivity index (χ4n) is 2.14. The highest BCUT2D eigenvalue weighted by Crippen LogP contribution is 2.27. The van der Waals surface area contributed by atoms with Crippen molar-refractivity contribution >= 4 is 61.1 Å². The van der Waals surface area contributed by atoms with Gasteiger partial charge in [0.1, 0.15) is 4.99 Å². The van der Waals surface area contributed by atoms with Crippen LogP contribution in [-0.2, 0) is 6.54 Å². The monoisotopic (exact) mass is 377 g/mol. The third kappa shape index (κ3) is 3.07. The second kappa shape index (κ2) is 6.09. The standard InChI is InChI=1S/C15H12BrN3S2/c16-9-5-10(21-8-9)6-19-14-11-3-1-2-4-13(11)18-7-12(14)15(17)20/h1-5,7-8H,6H2,(H2,17,20)(H,18,19). The minimum Gasteiger partial charge on any atom is -0.389 e. The molecule has 3 N–H and O–H groups in total. The number of fused-ring (bicyclic) bond motifs is 1. The van der Waals surface area contributed by atoms with Crippen molar-refractivity contribution in [1.29, 1.82) is 0 Å². The molecule has 0 aliphatic heterocycles.